The van der Waals surface area contributed by atoms with E-state index >= 15 is 0 Å². The van der Waals surface area contributed by atoms with Gasteiger partial charge in [-0.2, -0.15) is 0 Å². The van der Waals surface area contributed by atoms with Crippen molar-refractivity contribution >= 4 is 23.5 Å². The van der Waals surface area contributed by atoms with E-state index in [4.69, 9.17) is 14.2 Å². The molecular weight excluding hydrogens is 474 g/mol. The summed E-state index contributed by atoms with van der Waals surface area (Å²) in [6, 6.07) is 25.5. The number of aliphatic hydroxyl groups excluding tert-OH is 1. The molecule has 0 radical (unpaired) electrons. The lowest BCUT2D eigenvalue weighted by atomic mass is 9.91. The van der Waals surface area contributed by atoms with Crippen molar-refractivity contribution in [3.05, 3.63) is 108 Å². The Bertz CT molecular complexity index is 1120. The van der Waals surface area contributed by atoms with Gasteiger partial charge in [-0.1, -0.05) is 74.2 Å². The Kier molecular flexibility index (Phi) is 9.19. The van der Waals surface area contributed by atoms with Crippen molar-refractivity contribution in [3.63, 3.8) is 0 Å². The molecule has 188 valence electrons. The summed E-state index contributed by atoms with van der Waals surface area (Å²) in [5.41, 5.74) is 3.38. The SMILES string of the molecule is C=CCOC(=O)Nc1ccc([C@H]2O[C@@H](CSc3ccccc3)[C@@H](C)[C@@H](c3ccc(CO)cc3)O2)cc1. The van der Waals surface area contributed by atoms with Crippen LogP contribution >= 0.6 is 11.8 Å². The second-order valence-corrected chi connectivity index (χ2v) is 9.67. The van der Waals surface area contributed by atoms with Gasteiger partial charge in [-0.05, 0) is 35.4 Å². The molecule has 3 aromatic carbocycles. The van der Waals surface area contributed by atoms with Crippen LogP contribution in [0.2, 0.25) is 0 Å². The van der Waals surface area contributed by atoms with Crippen molar-refractivity contribution < 1.29 is 24.1 Å². The third-order valence-corrected chi connectivity index (χ3v) is 7.14. The molecule has 1 aliphatic heterocycles. The van der Waals surface area contributed by atoms with E-state index in [-0.39, 0.29) is 31.3 Å². The Morgan fingerprint density at radius 2 is 1.72 bits per heavy atom. The number of hydrogen-bond donors (Lipinski definition) is 2. The molecular formula is C29H31NO5S. The summed E-state index contributed by atoms with van der Waals surface area (Å²) in [6.45, 7) is 5.84. The topological polar surface area (TPSA) is 77.0 Å². The van der Waals surface area contributed by atoms with Crippen LogP contribution in [0, 0.1) is 5.92 Å². The van der Waals surface area contributed by atoms with Gasteiger partial charge in [0.15, 0.2) is 6.29 Å². The minimum Gasteiger partial charge on any atom is -0.445 e. The molecule has 2 N–H and O–H groups in total. The van der Waals surface area contributed by atoms with E-state index in [1.165, 1.54) is 11.0 Å². The molecule has 4 rings (SSSR count). The molecule has 1 saturated heterocycles. The maximum absolute atomic E-state index is 11.8. The van der Waals surface area contributed by atoms with E-state index in [0.717, 1.165) is 22.4 Å². The van der Waals surface area contributed by atoms with Crippen molar-refractivity contribution in [1.82, 2.24) is 0 Å². The molecule has 0 aliphatic carbocycles. The van der Waals surface area contributed by atoms with E-state index in [9.17, 15) is 9.90 Å². The van der Waals surface area contributed by atoms with Gasteiger partial charge in [0.2, 0.25) is 0 Å². The number of hydrogen-bond acceptors (Lipinski definition) is 6. The molecule has 0 spiro atoms. The molecule has 4 atom stereocenters. The van der Waals surface area contributed by atoms with E-state index < -0.39 is 12.4 Å². The van der Waals surface area contributed by atoms with Crippen molar-refractivity contribution in [2.24, 2.45) is 5.92 Å². The van der Waals surface area contributed by atoms with E-state index in [1.54, 1.807) is 23.9 Å². The van der Waals surface area contributed by atoms with Crippen LogP contribution in [0.1, 0.15) is 36.0 Å². The zero-order valence-corrected chi connectivity index (χ0v) is 21.0. The van der Waals surface area contributed by atoms with Gasteiger partial charge in [0.1, 0.15) is 6.61 Å². The number of amides is 1. The lowest BCUT2D eigenvalue weighted by molar-refractivity contribution is -0.268. The highest BCUT2D eigenvalue weighted by Gasteiger charge is 2.38. The predicted molar refractivity (Wildman–Crippen MR) is 142 cm³/mol. The summed E-state index contributed by atoms with van der Waals surface area (Å²) in [5, 5.41) is 12.1. The molecule has 1 heterocycles. The van der Waals surface area contributed by atoms with Gasteiger partial charge in [0.05, 0.1) is 18.8 Å². The highest BCUT2D eigenvalue weighted by molar-refractivity contribution is 7.99. The van der Waals surface area contributed by atoms with Crippen LogP contribution in [0.3, 0.4) is 0 Å². The molecule has 7 heteroatoms. The quantitative estimate of drug-likeness (QED) is 0.255. The lowest BCUT2D eigenvalue weighted by Gasteiger charge is -2.41. The molecule has 1 aliphatic rings. The Labute approximate surface area is 216 Å². The molecule has 1 fully saturated rings. The predicted octanol–water partition coefficient (Wildman–Crippen LogP) is 6.50. The fourth-order valence-corrected chi connectivity index (χ4v) is 5.11. The minimum atomic E-state index is -0.563. The summed E-state index contributed by atoms with van der Waals surface area (Å²) in [6.07, 6.45) is 0.187. The van der Waals surface area contributed by atoms with Crippen molar-refractivity contribution in [2.75, 3.05) is 17.7 Å². The maximum atomic E-state index is 11.8. The van der Waals surface area contributed by atoms with Gasteiger partial charge in [0.25, 0.3) is 0 Å². The zero-order chi connectivity index (χ0) is 25.3. The number of anilines is 1. The highest BCUT2D eigenvalue weighted by Crippen LogP contribution is 2.43. The van der Waals surface area contributed by atoms with Gasteiger partial charge >= 0.3 is 6.09 Å². The second kappa shape index (κ2) is 12.7. The molecule has 0 saturated carbocycles. The first-order valence-electron chi connectivity index (χ1n) is 11.9. The lowest BCUT2D eigenvalue weighted by Crippen LogP contribution is -2.38. The first kappa shape index (κ1) is 26.0. The first-order valence-corrected chi connectivity index (χ1v) is 12.9. The van der Waals surface area contributed by atoms with E-state index in [0.29, 0.717) is 5.69 Å². The fourth-order valence-electron chi connectivity index (χ4n) is 4.02. The van der Waals surface area contributed by atoms with Crippen LogP contribution in [-0.2, 0) is 20.8 Å². The molecule has 0 unspecified atom stereocenters. The second-order valence-electron chi connectivity index (χ2n) is 8.58. The molecule has 1 amide bonds. The zero-order valence-electron chi connectivity index (χ0n) is 20.2. The van der Waals surface area contributed by atoms with E-state index in [1.807, 2.05) is 54.6 Å². The average Bonchev–Trinajstić information content (AvgIpc) is 2.92. The highest BCUT2D eigenvalue weighted by atomic mass is 32.2. The standard InChI is InChI=1S/C29H31NO5S/c1-3-17-33-29(32)30-24-15-13-23(14-16-24)28-34-26(19-36-25-7-5-4-6-8-25)20(2)27(35-28)22-11-9-21(18-31)10-12-22/h3-16,20,26-28,31H,1,17-19H2,2H3,(H,30,32)/t20-,26+,27+,28+/m1/s1. The number of carbonyl (C=O) groups excluding carboxylic acids is 1. The summed E-state index contributed by atoms with van der Waals surface area (Å²) >= 11 is 1.76. The van der Waals surface area contributed by atoms with E-state index in [2.05, 4.69) is 31.0 Å². The molecule has 0 aromatic heterocycles. The molecule has 36 heavy (non-hydrogen) atoms. The Morgan fingerprint density at radius 1 is 1.03 bits per heavy atom. The van der Waals surface area contributed by atoms with Gasteiger partial charge < -0.3 is 19.3 Å². The summed E-state index contributed by atoms with van der Waals surface area (Å²) in [5.74, 6) is 0.892. The number of benzene rings is 3. The van der Waals surface area contributed by atoms with Crippen molar-refractivity contribution in [3.8, 4) is 0 Å². The number of rotatable bonds is 9. The summed E-state index contributed by atoms with van der Waals surface area (Å²) in [4.78, 5) is 13.0. The third-order valence-electron chi connectivity index (χ3n) is 6.04. The van der Waals surface area contributed by atoms with Crippen LogP contribution in [0.25, 0.3) is 0 Å². The van der Waals surface area contributed by atoms with Crippen molar-refractivity contribution in [1.29, 1.82) is 0 Å². The normalized spacial score (nSPS) is 21.5. The smallest absolute Gasteiger partial charge is 0.411 e. The minimum absolute atomic E-state index is 0.00491. The number of nitrogens with one attached hydrogen (secondary N) is 1. The Morgan fingerprint density at radius 3 is 2.39 bits per heavy atom. The maximum Gasteiger partial charge on any atom is 0.411 e. The molecule has 0 bridgehead atoms. The number of ether oxygens (including phenoxy) is 3. The monoisotopic (exact) mass is 505 g/mol. The number of aliphatic hydroxyl groups is 1. The summed E-state index contributed by atoms with van der Waals surface area (Å²) < 4.78 is 17.9. The van der Waals surface area contributed by atoms with Crippen molar-refractivity contribution in [2.45, 2.75) is 36.9 Å². The van der Waals surface area contributed by atoms with Gasteiger partial charge in [-0.15, -0.1) is 11.8 Å². The Balaban J connectivity index is 1.52. The van der Waals surface area contributed by atoms with Crippen LogP contribution in [0.5, 0.6) is 0 Å². The average molecular weight is 506 g/mol. The summed E-state index contributed by atoms with van der Waals surface area (Å²) in [7, 11) is 0. The van der Waals surface area contributed by atoms with Crippen LogP contribution < -0.4 is 5.32 Å². The van der Waals surface area contributed by atoms with Crippen LogP contribution in [0.15, 0.2) is 96.4 Å². The number of carbonyl (C=O) groups is 1. The first-order chi connectivity index (χ1) is 17.6. The Hall–Kier alpha value is -3.10. The fraction of sp³-hybridized carbons (Fsp3) is 0.276. The molecule has 6 nitrogen and oxygen atoms in total. The third kappa shape index (κ3) is 6.77. The van der Waals surface area contributed by atoms with Gasteiger partial charge in [-0.25, -0.2) is 4.79 Å². The number of thioether (sulfide) groups is 1. The van der Waals surface area contributed by atoms with Gasteiger partial charge in [-0.3, -0.25) is 5.32 Å². The van der Waals surface area contributed by atoms with Crippen LogP contribution in [-0.4, -0.2) is 29.7 Å². The van der Waals surface area contributed by atoms with Gasteiger partial charge in [0, 0.05) is 27.8 Å². The molecule has 3 aromatic rings. The van der Waals surface area contributed by atoms with Crippen LogP contribution in [0.4, 0.5) is 10.5 Å². The largest absolute Gasteiger partial charge is 0.445 e.